The first-order valence-electron chi connectivity index (χ1n) is 6.81. The van der Waals surface area contributed by atoms with Gasteiger partial charge >= 0.3 is 0 Å². The molecule has 1 N–H and O–H groups in total. The molecule has 1 aromatic carbocycles. The van der Waals surface area contributed by atoms with E-state index in [1.54, 1.807) is 6.20 Å². The monoisotopic (exact) mass is 290 g/mol. The third-order valence-electron chi connectivity index (χ3n) is 2.94. The molecule has 1 atom stereocenters. The zero-order chi connectivity index (χ0) is 14.2. The molecular formula is C16H19ClN2O. The molecule has 1 aromatic heterocycles. The first-order valence-corrected chi connectivity index (χ1v) is 7.19. The minimum Gasteiger partial charge on any atom is -0.492 e. The fourth-order valence-corrected chi connectivity index (χ4v) is 2.09. The second-order valence-corrected chi connectivity index (χ2v) is 5.00. The number of aromatic nitrogens is 1. The van der Waals surface area contributed by atoms with Crippen LogP contribution >= 0.6 is 11.6 Å². The Morgan fingerprint density at radius 3 is 2.90 bits per heavy atom. The zero-order valence-electron chi connectivity index (χ0n) is 11.6. The smallest absolute Gasteiger partial charge is 0.120 e. The first kappa shape index (κ1) is 14.8. The number of pyridine rings is 1. The highest BCUT2D eigenvalue weighted by molar-refractivity contribution is 6.30. The van der Waals surface area contributed by atoms with Gasteiger partial charge in [-0.15, -0.1) is 0 Å². The standard InChI is InChI=1S/C16H19ClN2O/c1-2-8-19-16(13-5-4-9-18-11-13)12-20-15-7-3-6-14(17)10-15/h3-7,9-11,16,19H,2,8,12H2,1H3. The van der Waals surface area contributed by atoms with Gasteiger partial charge in [0.2, 0.25) is 0 Å². The minimum absolute atomic E-state index is 0.127. The van der Waals surface area contributed by atoms with E-state index in [0.29, 0.717) is 11.6 Å². The van der Waals surface area contributed by atoms with Crippen LogP contribution in [0.15, 0.2) is 48.8 Å². The molecule has 0 fully saturated rings. The maximum atomic E-state index is 5.96. The lowest BCUT2D eigenvalue weighted by atomic mass is 10.1. The molecule has 2 rings (SSSR count). The zero-order valence-corrected chi connectivity index (χ0v) is 12.3. The van der Waals surface area contributed by atoms with Gasteiger partial charge in [0.25, 0.3) is 0 Å². The predicted molar refractivity (Wildman–Crippen MR) is 82.2 cm³/mol. The Morgan fingerprint density at radius 2 is 2.20 bits per heavy atom. The van der Waals surface area contributed by atoms with Crippen molar-refractivity contribution in [1.29, 1.82) is 0 Å². The van der Waals surface area contributed by atoms with Crippen molar-refractivity contribution in [3.63, 3.8) is 0 Å². The summed E-state index contributed by atoms with van der Waals surface area (Å²) in [6.45, 7) is 3.63. The topological polar surface area (TPSA) is 34.1 Å². The molecule has 0 aliphatic heterocycles. The van der Waals surface area contributed by atoms with Crippen LogP contribution in [0.3, 0.4) is 0 Å². The third-order valence-corrected chi connectivity index (χ3v) is 3.18. The fraction of sp³-hybridized carbons (Fsp3) is 0.312. The van der Waals surface area contributed by atoms with Gasteiger partial charge in [0.15, 0.2) is 0 Å². The number of nitrogens with one attached hydrogen (secondary N) is 1. The SMILES string of the molecule is CCCNC(COc1cccc(Cl)c1)c1cccnc1. The lowest BCUT2D eigenvalue weighted by Crippen LogP contribution is -2.27. The summed E-state index contributed by atoms with van der Waals surface area (Å²) in [5.74, 6) is 0.782. The second kappa shape index (κ2) is 7.88. The molecule has 1 unspecified atom stereocenters. The van der Waals surface area contributed by atoms with Gasteiger partial charge in [-0.2, -0.15) is 0 Å². The van der Waals surface area contributed by atoms with Gasteiger partial charge in [0.05, 0.1) is 6.04 Å². The summed E-state index contributed by atoms with van der Waals surface area (Å²) in [7, 11) is 0. The van der Waals surface area contributed by atoms with Gasteiger partial charge in [-0.25, -0.2) is 0 Å². The second-order valence-electron chi connectivity index (χ2n) is 4.56. The summed E-state index contributed by atoms with van der Waals surface area (Å²) in [6.07, 6.45) is 4.72. The van der Waals surface area contributed by atoms with Crippen molar-refractivity contribution in [2.75, 3.05) is 13.2 Å². The summed E-state index contributed by atoms with van der Waals surface area (Å²) in [5, 5.41) is 4.15. The van der Waals surface area contributed by atoms with Crippen LogP contribution in [0.25, 0.3) is 0 Å². The lowest BCUT2D eigenvalue weighted by Gasteiger charge is -2.19. The van der Waals surface area contributed by atoms with E-state index in [2.05, 4.69) is 23.3 Å². The summed E-state index contributed by atoms with van der Waals surface area (Å²) in [5.41, 5.74) is 1.13. The number of hydrogen-bond acceptors (Lipinski definition) is 3. The molecule has 0 saturated carbocycles. The van der Waals surface area contributed by atoms with Crippen LogP contribution in [-0.4, -0.2) is 18.1 Å². The van der Waals surface area contributed by atoms with E-state index in [1.807, 2.05) is 36.5 Å². The molecule has 2 aromatic rings. The number of halogens is 1. The Hall–Kier alpha value is -1.58. The molecule has 0 aliphatic rings. The van der Waals surface area contributed by atoms with Crippen LogP contribution in [0.2, 0.25) is 5.02 Å². The molecule has 0 bridgehead atoms. The minimum atomic E-state index is 0.127. The molecule has 0 saturated heterocycles. The van der Waals surface area contributed by atoms with Crippen molar-refractivity contribution in [2.24, 2.45) is 0 Å². The number of nitrogens with zero attached hydrogens (tertiary/aromatic N) is 1. The predicted octanol–water partition coefficient (Wildman–Crippen LogP) is 3.85. The van der Waals surface area contributed by atoms with Crippen LogP contribution in [0, 0.1) is 0 Å². The van der Waals surface area contributed by atoms with E-state index in [9.17, 15) is 0 Å². The Balaban J connectivity index is 2.01. The van der Waals surface area contributed by atoms with Crippen molar-refractivity contribution >= 4 is 11.6 Å². The summed E-state index contributed by atoms with van der Waals surface area (Å²) in [6, 6.07) is 11.6. The van der Waals surface area contributed by atoms with E-state index in [4.69, 9.17) is 16.3 Å². The van der Waals surface area contributed by atoms with Crippen LogP contribution < -0.4 is 10.1 Å². The van der Waals surface area contributed by atoms with Gasteiger partial charge in [0, 0.05) is 17.4 Å². The Bertz CT molecular complexity index is 519. The molecule has 4 heteroatoms. The fourth-order valence-electron chi connectivity index (χ4n) is 1.91. The van der Waals surface area contributed by atoms with Gasteiger partial charge < -0.3 is 10.1 Å². The Morgan fingerprint density at radius 1 is 1.30 bits per heavy atom. The van der Waals surface area contributed by atoms with Crippen molar-refractivity contribution in [2.45, 2.75) is 19.4 Å². The van der Waals surface area contributed by atoms with Crippen LogP contribution in [0.5, 0.6) is 5.75 Å². The highest BCUT2D eigenvalue weighted by atomic mass is 35.5. The highest BCUT2D eigenvalue weighted by Crippen LogP contribution is 2.19. The molecule has 106 valence electrons. The number of benzene rings is 1. The van der Waals surface area contributed by atoms with E-state index in [1.165, 1.54) is 0 Å². The summed E-state index contributed by atoms with van der Waals surface area (Å²) in [4.78, 5) is 4.17. The lowest BCUT2D eigenvalue weighted by molar-refractivity contribution is 0.266. The Kier molecular flexibility index (Phi) is 5.84. The third kappa shape index (κ3) is 4.51. The van der Waals surface area contributed by atoms with Crippen LogP contribution in [0.1, 0.15) is 24.9 Å². The quantitative estimate of drug-likeness (QED) is 0.841. The molecule has 20 heavy (non-hydrogen) atoms. The Labute approximate surface area is 124 Å². The maximum absolute atomic E-state index is 5.96. The normalized spacial score (nSPS) is 12.1. The largest absolute Gasteiger partial charge is 0.492 e. The molecule has 0 aliphatic carbocycles. The number of rotatable bonds is 7. The first-order chi connectivity index (χ1) is 9.79. The average molecular weight is 291 g/mol. The molecule has 0 amide bonds. The maximum Gasteiger partial charge on any atom is 0.120 e. The molecule has 0 radical (unpaired) electrons. The van der Waals surface area contributed by atoms with Gasteiger partial charge in [-0.1, -0.05) is 30.7 Å². The van der Waals surface area contributed by atoms with E-state index >= 15 is 0 Å². The molecular weight excluding hydrogens is 272 g/mol. The summed E-state index contributed by atoms with van der Waals surface area (Å²) >= 11 is 5.96. The summed E-state index contributed by atoms with van der Waals surface area (Å²) < 4.78 is 5.83. The molecule has 3 nitrogen and oxygen atoms in total. The molecule has 1 heterocycles. The number of ether oxygens (including phenoxy) is 1. The van der Waals surface area contributed by atoms with Crippen LogP contribution in [-0.2, 0) is 0 Å². The van der Waals surface area contributed by atoms with Crippen molar-refractivity contribution in [3.05, 3.63) is 59.4 Å². The van der Waals surface area contributed by atoms with Crippen molar-refractivity contribution in [1.82, 2.24) is 10.3 Å². The van der Waals surface area contributed by atoms with Gasteiger partial charge in [0.1, 0.15) is 12.4 Å². The number of hydrogen-bond donors (Lipinski definition) is 1. The van der Waals surface area contributed by atoms with E-state index < -0.39 is 0 Å². The van der Waals surface area contributed by atoms with Crippen LogP contribution in [0.4, 0.5) is 0 Å². The van der Waals surface area contributed by atoms with Crippen molar-refractivity contribution in [3.8, 4) is 5.75 Å². The van der Waals surface area contributed by atoms with E-state index in [0.717, 1.165) is 24.3 Å². The average Bonchev–Trinajstić information content (AvgIpc) is 2.48. The van der Waals surface area contributed by atoms with Gasteiger partial charge in [-0.05, 0) is 42.8 Å². The van der Waals surface area contributed by atoms with E-state index in [-0.39, 0.29) is 6.04 Å². The van der Waals surface area contributed by atoms with Gasteiger partial charge in [-0.3, -0.25) is 4.98 Å². The molecule has 0 spiro atoms. The highest BCUT2D eigenvalue weighted by Gasteiger charge is 2.11. The van der Waals surface area contributed by atoms with Crippen molar-refractivity contribution < 1.29 is 4.74 Å².